The normalized spacial score (nSPS) is 10.3. The Kier molecular flexibility index (Phi) is 6.48. The number of hydrogen-bond acceptors (Lipinski definition) is 3. The molecule has 3 nitrogen and oxygen atoms in total. The Hall–Kier alpha value is -1.22. The molecule has 0 heterocycles. The van der Waals surface area contributed by atoms with E-state index in [0.717, 1.165) is 30.9 Å². The molecule has 17 heavy (non-hydrogen) atoms. The van der Waals surface area contributed by atoms with Gasteiger partial charge in [0.1, 0.15) is 11.5 Å². The van der Waals surface area contributed by atoms with Crippen LogP contribution in [-0.2, 0) is 6.42 Å². The zero-order valence-electron chi connectivity index (χ0n) is 10.9. The van der Waals surface area contributed by atoms with Crippen molar-refractivity contribution in [3.05, 3.63) is 23.8 Å². The predicted octanol–water partition coefficient (Wildman–Crippen LogP) is 2.77. The number of benzene rings is 1. The van der Waals surface area contributed by atoms with Crippen LogP contribution < -0.4 is 15.2 Å². The van der Waals surface area contributed by atoms with E-state index in [4.69, 9.17) is 15.2 Å². The van der Waals surface area contributed by atoms with Gasteiger partial charge >= 0.3 is 0 Å². The van der Waals surface area contributed by atoms with Crippen LogP contribution in [0.15, 0.2) is 18.2 Å². The van der Waals surface area contributed by atoms with E-state index in [0.29, 0.717) is 0 Å². The minimum atomic E-state index is 0.797. The van der Waals surface area contributed by atoms with Crippen molar-refractivity contribution in [2.24, 2.45) is 5.73 Å². The maximum atomic E-state index is 5.47. The van der Waals surface area contributed by atoms with Crippen LogP contribution in [0.25, 0.3) is 0 Å². The second-order valence-electron chi connectivity index (χ2n) is 4.13. The molecule has 0 fully saturated rings. The molecule has 0 aromatic heterocycles. The van der Waals surface area contributed by atoms with Gasteiger partial charge in [0.2, 0.25) is 0 Å². The first kappa shape index (κ1) is 13.8. The summed E-state index contributed by atoms with van der Waals surface area (Å²) in [6.45, 7) is 0.797. The Morgan fingerprint density at radius 1 is 1.00 bits per heavy atom. The van der Waals surface area contributed by atoms with Gasteiger partial charge in [-0.1, -0.05) is 18.9 Å². The topological polar surface area (TPSA) is 44.5 Å². The van der Waals surface area contributed by atoms with Crippen molar-refractivity contribution >= 4 is 0 Å². The maximum Gasteiger partial charge on any atom is 0.125 e. The van der Waals surface area contributed by atoms with Gasteiger partial charge in [0.25, 0.3) is 0 Å². The van der Waals surface area contributed by atoms with E-state index in [1.54, 1.807) is 14.2 Å². The molecular weight excluding hydrogens is 214 g/mol. The van der Waals surface area contributed by atoms with Crippen molar-refractivity contribution in [3.63, 3.8) is 0 Å². The van der Waals surface area contributed by atoms with E-state index in [1.807, 2.05) is 12.1 Å². The first-order chi connectivity index (χ1) is 8.31. The first-order valence-electron chi connectivity index (χ1n) is 6.22. The highest BCUT2D eigenvalue weighted by Crippen LogP contribution is 2.25. The third kappa shape index (κ3) is 4.65. The van der Waals surface area contributed by atoms with Crippen molar-refractivity contribution in [3.8, 4) is 11.5 Å². The highest BCUT2D eigenvalue weighted by atomic mass is 16.5. The summed E-state index contributed by atoms with van der Waals surface area (Å²) in [4.78, 5) is 0. The average molecular weight is 237 g/mol. The van der Waals surface area contributed by atoms with E-state index < -0.39 is 0 Å². The van der Waals surface area contributed by atoms with Crippen LogP contribution in [0.3, 0.4) is 0 Å². The standard InChI is InChI=1S/C14H23NO2/c1-16-13-9-8-12(14(11-13)17-2)7-5-3-4-6-10-15/h8-9,11H,3-7,10,15H2,1-2H3. The Balaban J connectivity index is 2.46. The van der Waals surface area contributed by atoms with E-state index >= 15 is 0 Å². The molecule has 0 bridgehead atoms. The molecule has 0 unspecified atom stereocenters. The number of nitrogens with two attached hydrogens (primary N) is 1. The maximum absolute atomic E-state index is 5.47. The number of unbranched alkanes of at least 4 members (excludes halogenated alkanes) is 3. The minimum absolute atomic E-state index is 0.797. The monoisotopic (exact) mass is 237 g/mol. The quantitative estimate of drug-likeness (QED) is 0.707. The summed E-state index contributed by atoms with van der Waals surface area (Å²) < 4.78 is 10.5. The molecule has 1 rings (SSSR count). The van der Waals surface area contributed by atoms with Crippen LogP contribution in [0, 0.1) is 0 Å². The lowest BCUT2D eigenvalue weighted by Crippen LogP contribution is -1.98. The van der Waals surface area contributed by atoms with Gasteiger partial charge in [-0.05, 0) is 37.4 Å². The van der Waals surface area contributed by atoms with Crippen LogP contribution in [0.2, 0.25) is 0 Å². The van der Waals surface area contributed by atoms with Crippen molar-refractivity contribution in [2.75, 3.05) is 20.8 Å². The number of ether oxygens (including phenoxy) is 2. The van der Waals surface area contributed by atoms with Gasteiger partial charge in [0.05, 0.1) is 14.2 Å². The van der Waals surface area contributed by atoms with Crippen LogP contribution in [0.1, 0.15) is 31.2 Å². The second kappa shape index (κ2) is 7.96. The summed E-state index contributed by atoms with van der Waals surface area (Å²) in [7, 11) is 3.37. The summed E-state index contributed by atoms with van der Waals surface area (Å²) in [6.07, 6.45) is 5.81. The molecule has 1 aromatic carbocycles. The Bertz CT molecular complexity index is 326. The molecule has 0 atom stereocenters. The number of methoxy groups -OCH3 is 2. The summed E-state index contributed by atoms with van der Waals surface area (Å²) in [5, 5.41) is 0. The van der Waals surface area contributed by atoms with Crippen LogP contribution >= 0.6 is 0 Å². The molecule has 0 amide bonds. The van der Waals surface area contributed by atoms with E-state index in [1.165, 1.54) is 24.8 Å². The summed E-state index contributed by atoms with van der Waals surface area (Å²) in [5.41, 5.74) is 6.72. The SMILES string of the molecule is COc1ccc(CCCCCCN)c(OC)c1. The number of aryl methyl sites for hydroxylation is 1. The molecule has 0 radical (unpaired) electrons. The van der Waals surface area contributed by atoms with Crippen LogP contribution in [0.5, 0.6) is 11.5 Å². The van der Waals surface area contributed by atoms with E-state index in [-0.39, 0.29) is 0 Å². The predicted molar refractivity (Wildman–Crippen MR) is 70.8 cm³/mol. The summed E-state index contributed by atoms with van der Waals surface area (Å²) in [6, 6.07) is 6.01. The van der Waals surface area contributed by atoms with Crippen LogP contribution in [0.4, 0.5) is 0 Å². The largest absolute Gasteiger partial charge is 0.497 e. The molecule has 0 aliphatic rings. The second-order valence-corrected chi connectivity index (χ2v) is 4.13. The Labute approximate surface area is 104 Å². The highest BCUT2D eigenvalue weighted by molar-refractivity contribution is 5.40. The molecule has 96 valence electrons. The van der Waals surface area contributed by atoms with Gasteiger partial charge in [0, 0.05) is 6.07 Å². The zero-order chi connectivity index (χ0) is 12.5. The van der Waals surface area contributed by atoms with Crippen molar-refractivity contribution < 1.29 is 9.47 Å². The van der Waals surface area contributed by atoms with Gasteiger partial charge in [-0.2, -0.15) is 0 Å². The minimum Gasteiger partial charge on any atom is -0.497 e. The Morgan fingerprint density at radius 2 is 1.76 bits per heavy atom. The lowest BCUT2D eigenvalue weighted by Gasteiger charge is -2.10. The molecule has 1 aromatic rings. The fraction of sp³-hybridized carbons (Fsp3) is 0.571. The fourth-order valence-corrected chi connectivity index (χ4v) is 1.87. The van der Waals surface area contributed by atoms with Crippen molar-refractivity contribution in [2.45, 2.75) is 32.1 Å². The first-order valence-corrected chi connectivity index (χ1v) is 6.22. The third-order valence-corrected chi connectivity index (χ3v) is 2.89. The van der Waals surface area contributed by atoms with Gasteiger partial charge in [-0.3, -0.25) is 0 Å². The Morgan fingerprint density at radius 3 is 2.41 bits per heavy atom. The molecule has 3 heteroatoms. The molecule has 0 saturated heterocycles. The molecule has 0 aliphatic heterocycles. The van der Waals surface area contributed by atoms with Gasteiger partial charge in [-0.15, -0.1) is 0 Å². The smallest absolute Gasteiger partial charge is 0.125 e. The van der Waals surface area contributed by atoms with Gasteiger partial charge in [-0.25, -0.2) is 0 Å². The molecular formula is C14H23NO2. The summed E-state index contributed by atoms with van der Waals surface area (Å²) >= 11 is 0. The third-order valence-electron chi connectivity index (χ3n) is 2.89. The van der Waals surface area contributed by atoms with Gasteiger partial charge in [0.15, 0.2) is 0 Å². The lowest BCUT2D eigenvalue weighted by molar-refractivity contribution is 0.390. The highest BCUT2D eigenvalue weighted by Gasteiger charge is 2.04. The van der Waals surface area contributed by atoms with Crippen molar-refractivity contribution in [1.82, 2.24) is 0 Å². The molecule has 0 saturated carbocycles. The van der Waals surface area contributed by atoms with E-state index in [9.17, 15) is 0 Å². The van der Waals surface area contributed by atoms with Crippen LogP contribution in [-0.4, -0.2) is 20.8 Å². The number of rotatable bonds is 8. The number of hydrogen-bond donors (Lipinski definition) is 1. The van der Waals surface area contributed by atoms with Gasteiger partial charge < -0.3 is 15.2 Å². The average Bonchev–Trinajstić information content (AvgIpc) is 2.38. The molecule has 2 N–H and O–H groups in total. The summed E-state index contributed by atoms with van der Waals surface area (Å²) in [5.74, 6) is 1.76. The fourth-order valence-electron chi connectivity index (χ4n) is 1.87. The van der Waals surface area contributed by atoms with Crippen molar-refractivity contribution in [1.29, 1.82) is 0 Å². The molecule has 0 aliphatic carbocycles. The molecule has 0 spiro atoms. The zero-order valence-corrected chi connectivity index (χ0v) is 10.9. The lowest BCUT2D eigenvalue weighted by atomic mass is 10.0. The van der Waals surface area contributed by atoms with E-state index in [2.05, 4.69) is 6.07 Å².